The SMILES string of the molecule is O=S(=O)(c1ccc(-c2ccc(N3CO[C@@H](CO)C3)cc2)cc1)C1CC1. The molecular formula is C19H21NO4S. The van der Waals surface area contributed by atoms with Crippen molar-refractivity contribution >= 4 is 15.5 Å². The number of ether oxygens (including phenoxy) is 1. The summed E-state index contributed by atoms with van der Waals surface area (Å²) in [5.74, 6) is 0. The lowest BCUT2D eigenvalue weighted by Crippen LogP contribution is -2.22. The van der Waals surface area contributed by atoms with Gasteiger partial charge in [0.1, 0.15) is 12.8 Å². The third-order valence-corrected chi connectivity index (χ3v) is 7.08. The zero-order valence-corrected chi connectivity index (χ0v) is 14.7. The van der Waals surface area contributed by atoms with Crippen molar-refractivity contribution in [2.45, 2.75) is 29.1 Å². The average Bonchev–Trinajstić information content (AvgIpc) is 3.41. The predicted octanol–water partition coefficient (Wildman–Crippen LogP) is 2.44. The summed E-state index contributed by atoms with van der Waals surface area (Å²) >= 11 is 0. The molecule has 1 N–H and O–H groups in total. The van der Waals surface area contributed by atoms with Gasteiger partial charge in [0, 0.05) is 12.2 Å². The Balaban J connectivity index is 1.50. The molecule has 1 atom stereocenters. The zero-order chi connectivity index (χ0) is 17.4. The minimum Gasteiger partial charge on any atom is -0.394 e. The van der Waals surface area contributed by atoms with Crippen molar-refractivity contribution in [1.82, 2.24) is 0 Å². The van der Waals surface area contributed by atoms with Crippen LogP contribution in [0.5, 0.6) is 0 Å². The Labute approximate surface area is 147 Å². The normalized spacial score (nSPS) is 20.8. The Morgan fingerprint density at radius 3 is 2.12 bits per heavy atom. The molecule has 2 aromatic rings. The number of hydrogen-bond acceptors (Lipinski definition) is 5. The molecule has 1 saturated carbocycles. The van der Waals surface area contributed by atoms with Gasteiger partial charge in [0.2, 0.25) is 0 Å². The first-order valence-electron chi connectivity index (χ1n) is 8.50. The summed E-state index contributed by atoms with van der Waals surface area (Å²) in [6.45, 7) is 1.20. The lowest BCUT2D eigenvalue weighted by Gasteiger charge is -2.16. The van der Waals surface area contributed by atoms with E-state index in [-0.39, 0.29) is 18.0 Å². The third kappa shape index (κ3) is 3.29. The van der Waals surface area contributed by atoms with Gasteiger partial charge in [-0.1, -0.05) is 24.3 Å². The number of aliphatic hydroxyl groups is 1. The molecule has 0 amide bonds. The molecule has 6 heteroatoms. The van der Waals surface area contributed by atoms with Gasteiger partial charge in [0.05, 0.1) is 16.8 Å². The summed E-state index contributed by atoms with van der Waals surface area (Å²) in [5, 5.41) is 8.97. The quantitative estimate of drug-likeness (QED) is 0.888. The first kappa shape index (κ1) is 16.6. The van der Waals surface area contributed by atoms with Gasteiger partial charge in [-0.05, 0) is 48.2 Å². The van der Waals surface area contributed by atoms with Gasteiger partial charge in [-0.25, -0.2) is 8.42 Å². The van der Waals surface area contributed by atoms with Crippen LogP contribution in [0.1, 0.15) is 12.8 Å². The molecular weight excluding hydrogens is 338 g/mol. The molecule has 5 nitrogen and oxygen atoms in total. The van der Waals surface area contributed by atoms with E-state index in [4.69, 9.17) is 9.84 Å². The van der Waals surface area contributed by atoms with E-state index in [1.165, 1.54) is 0 Å². The highest BCUT2D eigenvalue weighted by Gasteiger charge is 2.36. The highest BCUT2D eigenvalue weighted by Crippen LogP contribution is 2.34. The first-order chi connectivity index (χ1) is 12.1. The van der Waals surface area contributed by atoms with Crippen molar-refractivity contribution in [2.75, 3.05) is 24.8 Å². The highest BCUT2D eigenvalue weighted by atomic mass is 32.2. The Morgan fingerprint density at radius 2 is 1.60 bits per heavy atom. The molecule has 0 aromatic heterocycles. The molecule has 0 spiro atoms. The first-order valence-corrected chi connectivity index (χ1v) is 10.0. The Morgan fingerprint density at radius 1 is 1.00 bits per heavy atom. The molecule has 2 aliphatic rings. The zero-order valence-electron chi connectivity index (χ0n) is 13.8. The van der Waals surface area contributed by atoms with Gasteiger partial charge >= 0.3 is 0 Å². The highest BCUT2D eigenvalue weighted by molar-refractivity contribution is 7.92. The molecule has 4 rings (SSSR count). The van der Waals surface area contributed by atoms with Crippen molar-refractivity contribution in [3.05, 3.63) is 48.5 Å². The third-order valence-electron chi connectivity index (χ3n) is 4.81. The second-order valence-electron chi connectivity index (χ2n) is 6.64. The fourth-order valence-corrected chi connectivity index (χ4v) is 4.77. The van der Waals surface area contributed by atoms with Gasteiger partial charge in [0.15, 0.2) is 9.84 Å². The molecule has 1 aliphatic carbocycles. The molecule has 2 fully saturated rings. The maximum absolute atomic E-state index is 12.3. The van der Waals surface area contributed by atoms with E-state index in [9.17, 15) is 8.42 Å². The largest absolute Gasteiger partial charge is 0.394 e. The maximum atomic E-state index is 12.3. The van der Waals surface area contributed by atoms with Crippen molar-refractivity contribution in [3.63, 3.8) is 0 Å². The summed E-state index contributed by atoms with van der Waals surface area (Å²) in [5.41, 5.74) is 3.08. The smallest absolute Gasteiger partial charge is 0.181 e. The molecule has 25 heavy (non-hydrogen) atoms. The van der Waals surface area contributed by atoms with E-state index in [0.29, 0.717) is 18.2 Å². The lowest BCUT2D eigenvalue weighted by molar-refractivity contribution is 0.0645. The molecule has 1 saturated heterocycles. The summed E-state index contributed by atoms with van der Waals surface area (Å²) in [7, 11) is -3.13. The summed E-state index contributed by atoms with van der Waals surface area (Å²) in [4.78, 5) is 2.50. The molecule has 0 bridgehead atoms. The van der Waals surface area contributed by atoms with E-state index in [2.05, 4.69) is 4.90 Å². The second kappa shape index (κ2) is 6.44. The van der Waals surface area contributed by atoms with Gasteiger partial charge in [0.25, 0.3) is 0 Å². The number of rotatable bonds is 5. The fraction of sp³-hybridized carbons (Fsp3) is 0.368. The van der Waals surface area contributed by atoms with Gasteiger partial charge in [-0.3, -0.25) is 0 Å². The molecule has 132 valence electrons. The molecule has 1 aliphatic heterocycles. The van der Waals surface area contributed by atoms with Crippen LogP contribution in [0.3, 0.4) is 0 Å². The van der Waals surface area contributed by atoms with Crippen LogP contribution in [0.4, 0.5) is 5.69 Å². The van der Waals surface area contributed by atoms with E-state index in [0.717, 1.165) is 29.7 Å². The van der Waals surface area contributed by atoms with Gasteiger partial charge in [-0.2, -0.15) is 0 Å². The van der Waals surface area contributed by atoms with Crippen molar-refractivity contribution < 1.29 is 18.3 Å². The van der Waals surface area contributed by atoms with Crippen LogP contribution >= 0.6 is 0 Å². The van der Waals surface area contributed by atoms with E-state index in [1.807, 2.05) is 36.4 Å². The topological polar surface area (TPSA) is 66.8 Å². The summed E-state index contributed by atoms with van der Waals surface area (Å²) in [6.07, 6.45) is 1.44. The minimum atomic E-state index is -3.13. The van der Waals surface area contributed by atoms with Crippen molar-refractivity contribution in [2.24, 2.45) is 0 Å². The Bertz CT molecular complexity index is 842. The van der Waals surface area contributed by atoms with Crippen LogP contribution in [0.25, 0.3) is 11.1 Å². The van der Waals surface area contributed by atoms with Gasteiger partial charge in [-0.15, -0.1) is 0 Å². The monoisotopic (exact) mass is 359 g/mol. The number of nitrogens with zero attached hydrogens (tertiary/aromatic N) is 1. The Kier molecular flexibility index (Phi) is 4.27. The molecule has 0 radical (unpaired) electrons. The fourth-order valence-electron chi connectivity index (χ4n) is 3.11. The maximum Gasteiger partial charge on any atom is 0.181 e. The standard InChI is InChI=1S/C19H21NO4S/c21-12-17-11-20(13-24-17)16-5-1-14(2-6-16)15-3-7-18(8-4-15)25(22,23)19-9-10-19/h1-8,17,19,21H,9-13H2/t17-/m1/s1. The van der Waals surface area contributed by atoms with Crippen LogP contribution in [0, 0.1) is 0 Å². The predicted molar refractivity (Wildman–Crippen MR) is 96.3 cm³/mol. The summed E-state index contributed by atoms with van der Waals surface area (Å²) < 4.78 is 30.0. The van der Waals surface area contributed by atoms with Crippen LogP contribution in [0.15, 0.2) is 53.4 Å². The number of hydrogen-bond donors (Lipinski definition) is 1. The molecule has 2 aromatic carbocycles. The molecule has 1 heterocycles. The van der Waals surface area contributed by atoms with E-state index in [1.54, 1.807) is 12.1 Å². The van der Waals surface area contributed by atoms with Crippen LogP contribution in [-0.2, 0) is 14.6 Å². The van der Waals surface area contributed by atoms with E-state index < -0.39 is 9.84 Å². The Hall–Kier alpha value is -1.89. The average molecular weight is 359 g/mol. The lowest BCUT2D eigenvalue weighted by atomic mass is 10.1. The molecule has 0 unspecified atom stereocenters. The van der Waals surface area contributed by atoms with Crippen LogP contribution in [-0.4, -0.2) is 44.8 Å². The van der Waals surface area contributed by atoms with Gasteiger partial charge < -0.3 is 14.7 Å². The van der Waals surface area contributed by atoms with Crippen molar-refractivity contribution in [3.8, 4) is 11.1 Å². The number of sulfone groups is 1. The number of aliphatic hydroxyl groups excluding tert-OH is 1. The number of anilines is 1. The summed E-state index contributed by atoms with van der Waals surface area (Å²) in [6, 6.07) is 15.2. The van der Waals surface area contributed by atoms with Crippen LogP contribution < -0.4 is 4.90 Å². The minimum absolute atomic E-state index is 0.0324. The van der Waals surface area contributed by atoms with Crippen molar-refractivity contribution in [1.29, 1.82) is 0 Å². The number of benzene rings is 2. The second-order valence-corrected chi connectivity index (χ2v) is 8.87. The van der Waals surface area contributed by atoms with Crippen LogP contribution in [0.2, 0.25) is 0 Å². The van der Waals surface area contributed by atoms with E-state index >= 15 is 0 Å².